The summed E-state index contributed by atoms with van der Waals surface area (Å²) < 4.78 is 7.57. The van der Waals surface area contributed by atoms with Crippen molar-refractivity contribution in [3.63, 3.8) is 0 Å². The van der Waals surface area contributed by atoms with Crippen LogP contribution in [0.1, 0.15) is 24.8 Å². The van der Waals surface area contributed by atoms with Crippen LogP contribution in [0.25, 0.3) is 5.52 Å². The molecule has 2 aliphatic rings. The van der Waals surface area contributed by atoms with Gasteiger partial charge < -0.3 is 15.4 Å². The molecule has 0 spiro atoms. The molecule has 4 rings (SSSR count). The molecule has 2 fully saturated rings. The summed E-state index contributed by atoms with van der Waals surface area (Å²) in [5.74, 6) is 0.123. The number of nitrogens with zero attached hydrogens (tertiary/aromatic N) is 2. The fraction of sp³-hybridized carbons (Fsp3) is 0.529. The highest BCUT2D eigenvalue weighted by molar-refractivity contribution is 5.96. The van der Waals surface area contributed by atoms with Crippen molar-refractivity contribution in [1.29, 1.82) is 0 Å². The number of nitrogens with one attached hydrogen (secondary N) is 2. The molecule has 0 bridgehead atoms. The summed E-state index contributed by atoms with van der Waals surface area (Å²) in [6.07, 6.45) is 6.58. The van der Waals surface area contributed by atoms with E-state index in [1.54, 1.807) is 10.7 Å². The largest absolute Gasteiger partial charge is 0.375 e. The van der Waals surface area contributed by atoms with Crippen molar-refractivity contribution in [2.45, 2.75) is 38.3 Å². The number of anilines is 1. The van der Waals surface area contributed by atoms with Gasteiger partial charge in [-0.1, -0.05) is 0 Å². The zero-order valence-corrected chi connectivity index (χ0v) is 14.5. The highest BCUT2D eigenvalue weighted by Gasteiger charge is 2.36. The van der Waals surface area contributed by atoms with Gasteiger partial charge in [0.25, 0.3) is 0 Å². The molecule has 1 aliphatic heterocycles. The van der Waals surface area contributed by atoms with Gasteiger partial charge in [0.2, 0.25) is 5.91 Å². The molecule has 2 aromatic heterocycles. The van der Waals surface area contributed by atoms with E-state index in [2.05, 4.69) is 15.7 Å². The second-order valence-corrected chi connectivity index (χ2v) is 6.56. The molecule has 3 atom stereocenters. The van der Waals surface area contributed by atoms with Crippen molar-refractivity contribution < 1.29 is 9.53 Å². The number of rotatable bonds is 2. The first kappa shape index (κ1) is 17.2. The van der Waals surface area contributed by atoms with E-state index in [4.69, 9.17) is 4.74 Å². The van der Waals surface area contributed by atoms with Gasteiger partial charge in [-0.25, -0.2) is 4.52 Å². The molecule has 0 radical (unpaired) electrons. The maximum absolute atomic E-state index is 12.7. The van der Waals surface area contributed by atoms with E-state index in [9.17, 15) is 4.79 Å². The molecule has 0 unspecified atom stereocenters. The number of aryl methyl sites for hydroxylation is 1. The van der Waals surface area contributed by atoms with Crippen LogP contribution in [0.2, 0.25) is 0 Å². The Kier molecular flexibility index (Phi) is 5.08. The zero-order valence-electron chi connectivity index (χ0n) is 13.7. The third-order valence-electron chi connectivity index (χ3n) is 4.93. The Morgan fingerprint density at radius 2 is 2.33 bits per heavy atom. The number of carbonyl (C=O) groups is 1. The van der Waals surface area contributed by atoms with Gasteiger partial charge in [-0.2, -0.15) is 5.10 Å². The molecule has 0 aromatic carbocycles. The summed E-state index contributed by atoms with van der Waals surface area (Å²) in [4.78, 5) is 12.7. The van der Waals surface area contributed by atoms with Crippen molar-refractivity contribution in [1.82, 2.24) is 14.9 Å². The molecule has 3 heterocycles. The molecular formula is C17H23ClN4O2. The molecule has 130 valence electrons. The first-order valence-electron chi connectivity index (χ1n) is 8.30. The molecule has 6 nitrogen and oxygen atoms in total. The van der Waals surface area contributed by atoms with Crippen LogP contribution >= 0.6 is 12.4 Å². The number of pyridine rings is 1. The normalized spacial score (nSPS) is 26.5. The average Bonchev–Trinajstić information content (AvgIpc) is 2.96. The van der Waals surface area contributed by atoms with Gasteiger partial charge in [0, 0.05) is 24.7 Å². The molecule has 1 saturated heterocycles. The molecule has 1 aliphatic carbocycles. The second-order valence-electron chi connectivity index (χ2n) is 6.56. The number of hydrogen-bond donors (Lipinski definition) is 2. The summed E-state index contributed by atoms with van der Waals surface area (Å²) in [6.45, 7) is 3.69. The lowest BCUT2D eigenvalue weighted by molar-refractivity contribution is -0.123. The van der Waals surface area contributed by atoms with Gasteiger partial charge >= 0.3 is 0 Å². The smallest absolute Gasteiger partial charge is 0.227 e. The number of aromatic nitrogens is 2. The van der Waals surface area contributed by atoms with E-state index in [1.165, 1.54) is 0 Å². The number of hydrogen-bond acceptors (Lipinski definition) is 4. The lowest BCUT2D eigenvalue weighted by atomic mass is 9.82. The molecule has 2 N–H and O–H groups in total. The van der Waals surface area contributed by atoms with Crippen molar-refractivity contribution >= 4 is 29.5 Å². The maximum Gasteiger partial charge on any atom is 0.227 e. The monoisotopic (exact) mass is 350 g/mol. The minimum atomic E-state index is 0. The van der Waals surface area contributed by atoms with Gasteiger partial charge in [-0.15, -0.1) is 12.4 Å². The fourth-order valence-electron chi connectivity index (χ4n) is 3.67. The van der Waals surface area contributed by atoms with E-state index < -0.39 is 0 Å². The number of ether oxygens (including phenoxy) is 1. The summed E-state index contributed by atoms with van der Waals surface area (Å²) in [5.41, 5.74) is 2.87. The first-order chi connectivity index (χ1) is 11.2. The average molecular weight is 351 g/mol. The quantitative estimate of drug-likeness (QED) is 0.871. The SMILES string of the molecule is Cc1ccn2ncc(NC(=O)[C@H]3CC[C@H]4OCCN[C@@H]4C3)c2c1.Cl. The van der Waals surface area contributed by atoms with E-state index in [0.29, 0.717) is 6.04 Å². The summed E-state index contributed by atoms with van der Waals surface area (Å²) in [5, 5.41) is 10.8. The van der Waals surface area contributed by atoms with Crippen LogP contribution in [0.3, 0.4) is 0 Å². The van der Waals surface area contributed by atoms with Crippen LogP contribution in [-0.4, -0.2) is 40.8 Å². The molecule has 1 saturated carbocycles. The van der Waals surface area contributed by atoms with Gasteiger partial charge in [-0.3, -0.25) is 4.79 Å². The van der Waals surface area contributed by atoms with Gasteiger partial charge in [0.05, 0.1) is 30.1 Å². The summed E-state index contributed by atoms with van der Waals surface area (Å²) in [6, 6.07) is 4.34. The predicted molar refractivity (Wildman–Crippen MR) is 94.7 cm³/mol. The summed E-state index contributed by atoms with van der Waals surface area (Å²) >= 11 is 0. The van der Waals surface area contributed by atoms with Crippen molar-refractivity contribution in [3.05, 3.63) is 30.1 Å². The van der Waals surface area contributed by atoms with Crippen LogP contribution in [0.15, 0.2) is 24.5 Å². The number of fused-ring (bicyclic) bond motifs is 2. The molecule has 24 heavy (non-hydrogen) atoms. The maximum atomic E-state index is 12.7. The third kappa shape index (κ3) is 3.27. The number of amides is 1. The molecule has 1 amide bonds. The van der Waals surface area contributed by atoms with Crippen LogP contribution in [0.4, 0.5) is 5.69 Å². The highest BCUT2D eigenvalue weighted by atomic mass is 35.5. The number of carbonyl (C=O) groups excluding carboxylic acids is 1. The highest BCUT2D eigenvalue weighted by Crippen LogP contribution is 2.29. The van der Waals surface area contributed by atoms with Crippen molar-refractivity contribution in [2.75, 3.05) is 18.5 Å². The fourth-order valence-corrected chi connectivity index (χ4v) is 3.67. The van der Waals surface area contributed by atoms with E-state index in [0.717, 1.165) is 49.2 Å². The Morgan fingerprint density at radius 1 is 1.46 bits per heavy atom. The zero-order chi connectivity index (χ0) is 15.8. The van der Waals surface area contributed by atoms with Crippen LogP contribution in [0.5, 0.6) is 0 Å². The molecule has 2 aromatic rings. The number of halogens is 1. The lowest BCUT2D eigenvalue weighted by Crippen LogP contribution is -2.52. The Morgan fingerprint density at radius 3 is 3.21 bits per heavy atom. The number of morpholine rings is 1. The third-order valence-corrected chi connectivity index (χ3v) is 4.93. The van der Waals surface area contributed by atoms with E-state index in [1.807, 2.05) is 25.3 Å². The Labute approximate surface area is 147 Å². The second kappa shape index (κ2) is 7.09. The van der Waals surface area contributed by atoms with Crippen molar-refractivity contribution in [3.8, 4) is 0 Å². The Balaban J connectivity index is 0.00000169. The Hall–Kier alpha value is -1.63. The van der Waals surface area contributed by atoms with Crippen LogP contribution in [-0.2, 0) is 9.53 Å². The minimum Gasteiger partial charge on any atom is -0.375 e. The van der Waals surface area contributed by atoms with E-state index >= 15 is 0 Å². The summed E-state index contributed by atoms with van der Waals surface area (Å²) in [7, 11) is 0. The lowest BCUT2D eigenvalue weighted by Gasteiger charge is -2.39. The van der Waals surface area contributed by atoms with Crippen LogP contribution in [0, 0.1) is 12.8 Å². The first-order valence-corrected chi connectivity index (χ1v) is 8.30. The van der Waals surface area contributed by atoms with Gasteiger partial charge in [-0.05, 0) is 43.9 Å². The van der Waals surface area contributed by atoms with E-state index in [-0.39, 0.29) is 30.3 Å². The topological polar surface area (TPSA) is 67.7 Å². The Bertz CT molecular complexity index is 732. The van der Waals surface area contributed by atoms with Crippen LogP contribution < -0.4 is 10.6 Å². The standard InChI is InChI=1S/C17H22N4O2.ClH/c1-11-4-6-21-15(8-11)14(10-19-21)20-17(22)12-2-3-16-13(9-12)18-5-7-23-16;/h4,6,8,10,12-13,16,18H,2-3,5,7,9H2,1H3,(H,20,22);1H/t12-,13+,16+;/m0./s1. The van der Waals surface area contributed by atoms with Crippen molar-refractivity contribution in [2.24, 2.45) is 5.92 Å². The van der Waals surface area contributed by atoms with Gasteiger partial charge in [0.1, 0.15) is 0 Å². The predicted octanol–water partition coefficient (Wildman–Crippen LogP) is 2.16. The molecular weight excluding hydrogens is 328 g/mol. The van der Waals surface area contributed by atoms with Gasteiger partial charge in [0.15, 0.2) is 0 Å². The minimum absolute atomic E-state index is 0. The molecule has 7 heteroatoms.